The lowest BCUT2D eigenvalue weighted by molar-refractivity contribution is -0.132. The standard InChI is InChI=1S/C21H22N4O4/c1-23-19-16(20(27)24(2)21(23)28)8-9-17(22-19)14-10-11-25(12-14)18(26)13-29-15-6-4-3-5-7-15/h3-9,14H,10-13H2,1-2H3/t14-/m1/s1. The smallest absolute Gasteiger partial charge is 0.332 e. The van der Waals surface area contributed by atoms with E-state index in [0.717, 1.165) is 16.7 Å². The quantitative estimate of drug-likeness (QED) is 0.660. The number of aromatic nitrogens is 3. The molecule has 29 heavy (non-hydrogen) atoms. The van der Waals surface area contributed by atoms with Gasteiger partial charge in [-0.2, -0.15) is 0 Å². The molecular formula is C21H22N4O4. The number of aryl methyl sites for hydroxylation is 1. The molecule has 0 saturated carbocycles. The summed E-state index contributed by atoms with van der Waals surface area (Å²) in [7, 11) is 3.06. The minimum atomic E-state index is -0.409. The summed E-state index contributed by atoms with van der Waals surface area (Å²) in [6.45, 7) is 1.15. The van der Waals surface area contributed by atoms with Gasteiger partial charge in [0, 0.05) is 38.8 Å². The Morgan fingerprint density at radius 3 is 2.62 bits per heavy atom. The summed E-state index contributed by atoms with van der Waals surface area (Å²) < 4.78 is 8.01. The largest absolute Gasteiger partial charge is 0.484 e. The predicted molar refractivity (Wildman–Crippen MR) is 108 cm³/mol. The third-order valence-corrected chi connectivity index (χ3v) is 5.39. The molecule has 1 aliphatic heterocycles. The average Bonchev–Trinajstić information content (AvgIpc) is 3.25. The molecular weight excluding hydrogens is 372 g/mol. The summed E-state index contributed by atoms with van der Waals surface area (Å²) in [4.78, 5) is 43.3. The van der Waals surface area contributed by atoms with Crippen molar-refractivity contribution < 1.29 is 9.53 Å². The number of amides is 1. The van der Waals surface area contributed by atoms with Crippen LogP contribution in [0.4, 0.5) is 0 Å². The number of nitrogens with zero attached hydrogens (tertiary/aromatic N) is 4. The summed E-state index contributed by atoms with van der Waals surface area (Å²) in [5, 5.41) is 0.403. The second kappa shape index (κ2) is 7.54. The Labute approximate surface area is 167 Å². The van der Waals surface area contributed by atoms with Crippen molar-refractivity contribution in [3.8, 4) is 5.75 Å². The van der Waals surface area contributed by atoms with E-state index in [4.69, 9.17) is 4.74 Å². The Kier molecular flexibility index (Phi) is 4.92. The molecule has 1 saturated heterocycles. The molecule has 3 heterocycles. The van der Waals surface area contributed by atoms with Crippen molar-refractivity contribution in [2.75, 3.05) is 19.7 Å². The maximum Gasteiger partial charge on any atom is 0.332 e. The summed E-state index contributed by atoms with van der Waals surface area (Å²) in [5.41, 5.74) is 0.379. The molecule has 8 heteroatoms. The van der Waals surface area contributed by atoms with Crippen molar-refractivity contribution in [2.45, 2.75) is 12.3 Å². The third kappa shape index (κ3) is 3.53. The van der Waals surface area contributed by atoms with Crippen molar-refractivity contribution >= 4 is 16.9 Å². The molecule has 4 rings (SSSR count). The molecule has 0 unspecified atom stereocenters. The van der Waals surface area contributed by atoms with Gasteiger partial charge in [-0.1, -0.05) is 18.2 Å². The van der Waals surface area contributed by atoms with Gasteiger partial charge in [0.1, 0.15) is 11.4 Å². The SMILES string of the molecule is Cn1c(=O)c2ccc([C@@H]3CCN(C(=O)COc4ccccc4)C3)nc2n(C)c1=O. The number of hydrogen-bond donors (Lipinski definition) is 0. The van der Waals surface area contributed by atoms with Crippen molar-refractivity contribution in [1.29, 1.82) is 0 Å². The third-order valence-electron chi connectivity index (χ3n) is 5.39. The lowest BCUT2D eigenvalue weighted by Crippen LogP contribution is -2.37. The van der Waals surface area contributed by atoms with E-state index in [1.54, 1.807) is 18.0 Å². The Balaban J connectivity index is 1.50. The van der Waals surface area contributed by atoms with E-state index in [1.807, 2.05) is 36.4 Å². The van der Waals surface area contributed by atoms with Gasteiger partial charge in [0.25, 0.3) is 11.5 Å². The highest BCUT2D eigenvalue weighted by molar-refractivity contribution is 5.78. The molecule has 1 fully saturated rings. The number of likely N-dealkylation sites (tertiary alicyclic amines) is 1. The first-order valence-corrected chi connectivity index (χ1v) is 9.48. The van der Waals surface area contributed by atoms with Crippen LogP contribution in [0.25, 0.3) is 11.0 Å². The predicted octanol–water partition coefficient (Wildman–Crippen LogP) is 1.03. The highest BCUT2D eigenvalue weighted by atomic mass is 16.5. The molecule has 8 nitrogen and oxygen atoms in total. The normalized spacial score (nSPS) is 16.3. The van der Waals surface area contributed by atoms with Gasteiger partial charge in [-0.15, -0.1) is 0 Å². The molecule has 0 N–H and O–H groups in total. The maximum absolute atomic E-state index is 12.5. The minimum absolute atomic E-state index is 0.00751. The number of pyridine rings is 1. The molecule has 0 spiro atoms. The Hall–Kier alpha value is -3.42. The molecule has 1 aromatic carbocycles. The molecule has 0 aliphatic carbocycles. The maximum atomic E-state index is 12.5. The van der Waals surface area contributed by atoms with Crippen molar-refractivity contribution in [1.82, 2.24) is 19.0 Å². The van der Waals surface area contributed by atoms with Crippen LogP contribution < -0.4 is 16.0 Å². The minimum Gasteiger partial charge on any atom is -0.484 e. The number of ether oxygens (including phenoxy) is 1. The zero-order valence-corrected chi connectivity index (χ0v) is 16.4. The first-order chi connectivity index (χ1) is 14.0. The van der Waals surface area contributed by atoms with Crippen LogP contribution in [0, 0.1) is 0 Å². The second-order valence-corrected chi connectivity index (χ2v) is 7.24. The van der Waals surface area contributed by atoms with E-state index in [1.165, 1.54) is 11.6 Å². The molecule has 0 bridgehead atoms. The van der Waals surface area contributed by atoms with Gasteiger partial charge >= 0.3 is 5.69 Å². The van der Waals surface area contributed by atoms with Gasteiger partial charge in [-0.05, 0) is 30.7 Å². The molecule has 150 valence electrons. The molecule has 3 aromatic rings. The lowest BCUT2D eigenvalue weighted by atomic mass is 10.0. The van der Waals surface area contributed by atoms with Gasteiger partial charge in [-0.25, -0.2) is 9.78 Å². The van der Waals surface area contributed by atoms with Crippen LogP contribution in [0.1, 0.15) is 18.0 Å². The summed E-state index contributed by atoms with van der Waals surface area (Å²) in [5.74, 6) is 0.646. The number of carbonyl (C=O) groups is 1. The number of para-hydroxylation sites is 1. The fourth-order valence-electron chi connectivity index (χ4n) is 3.68. The zero-order chi connectivity index (χ0) is 20.5. The van der Waals surface area contributed by atoms with E-state index in [0.29, 0.717) is 29.9 Å². The van der Waals surface area contributed by atoms with Crippen molar-refractivity contribution in [2.24, 2.45) is 14.1 Å². The van der Waals surface area contributed by atoms with Gasteiger partial charge in [0.05, 0.1) is 5.39 Å². The lowest BCUT2D eigenvalue weighted by Gasteiger charge is -2.17. The highest BCUT2D eigenvalue weighted by Gasteiger charge is 2.29. The molecule has 1 atom stereocenters. The summed E-state index contributed by atoms with van der Waals surface area (Å²) in [6, 6.07) is 12.8. The number of hydrogen-bond acceptors (Lipinski definition) is 5. The average molecular weight is 394 g/mol. The van der Waals surface area contributed by atoms with Gasteiger partial charge in [-0.3, -0.25) is 18.7 Å². The molecule has 0 radical (unpaired) electrons. The summed E-state index contributed by atoms with van der Waals surface area (Å²) in [6.07, 6.45) is 0.772. The fraction of sp³-hybridized carbons (Fsp3) is 0.333. The van der Waals surface area contributed by atoms with Crippen LogP contribution in [-0.2, 0) is 18.9 Å². The Morgan fingerprint density at radius 2 is 1.86 bits per heavy atom. The monoisotopic (exact) mass is 394 g/mol. The molecule has 2 aromatic heterocycles. The topological polar surface area (TPSA) is 86.4 Å². The number of carbonyl (C=O) groups excluding carboxylic acids is 1. The zero-order valence-electron chi connectivity index (χ0n) is 16.4. The number of fused-ring (bicyclic) bond motifs is 1. The van der Waals surface area contributed by atoms with Gasteiger partial charge in [0.2, 0.25) is 0 Å². The van der Waals surface area contributed by atoms with Crippen molar-refractivity contribution in [3.05, 3.63) is 69.0 Å². The Bertz CT molecular complexity index is 1180. The van der Waals surface area contributed by atoms with Crippen molar-refractivity contribution in [3.63, 3.8) is 0 Å². The van der Waals surface area contributed by atoms with E-state index in [9.17, 15) is 14.4 Å². The first kappa shape index (κ1) is 18.9. The molecule has 1 amide bonds. The van der Waals surface area contributed by atoms with E-state index in [-0.39, 0.29) is 24.0 Å². The van der Waals surface area contributed by atoms with Crippen LogP contribution >= 0.6 is 0 Å². The molecule has 1 aliphatic rings. The fourth-order valence-corrected chi connectivity index (χ4v) is 3.68. The van der Waals surface area contributed by atoms with Crippen LogP contribution in [0.5, 0.6) is 5.75 Å². The highest BCUT2D eigenvalue weighted by Crippen LogP contribution is 2.26. The van der Waals surface area contributed by atoms with E-state index in [2.05, 4.69) is 4.98 Å². The van der Waals surface area contributed by atoms with Crippen LogP contribution in [0.3, 0.4) is 0 Å². The van der Waals surface area contributed by atoms with Crippen LogP contribution in [-0.4, -0.2) is 44.6 Å². The first-order valence-electron chi connectivity index (χ1n) is 9.48. The van der Waals surface area contributed by atoms with E-state index < -0.39 is 5.69 Å². The van der Waals surface area contributed by atoms with E-state index >= 15 is 0 Å². The van der Waals surface area contributed by atoms with Crippen LogP contribution in [0.15, 0.2) is 52.1 Å². The number of rotatable bonds is 4. The van der Waals surface area contributed by atoms with Crippen LogP contribution in [0.2, 0.25) is 0 Å². The van der Waals surface area contributed by atoms with Gasteiger partial charge in [0.15, 0.2) is 6.61 Å². The second-order valence-electron chi connectivity index (χ2n) is 7.24. The number of benzene rings is 1. The summed E-state index contributed by atoms with van der Waals surface area (Å²) >= 11 is 0. The Morgan fingerprint density at radius 1 is 1.10 bits per heavy atom. The van der Waals surface area contributed by atoms with Gasteiger partial charge < -0.3 is 9.64 Å².